The average molecular weight is 297 g/mol. The molecule has 0 aromatic heterocycles. The van der Waals surface area contributed by atoms with Crippen LogP contribution in [0.15, 0.2) is 30.3 Å². The maximum absolute atomic E-state index is 11.9. The number of rotatable bonds is 6. The molecule has 1 aromatic carbocycles. The van der Waals surface area contributed by atoms with Gasteiger partial charge in [-0.05, 0) is 18.4 Å². The van der Waals surface area contributed by atoms with Crippen molar-refractivity contribution in [1.82, 2.24) is 5.32 Å². The fraction of sp³-hybridized carbons (Fsp3) is 0.500. The molecule has 0 aliphatic carbocycles. The first-order chi connectivity index (χ1) is 9.55. The number of sulfone groups is 1. The lowest BCUT2D eigenvalue weighted by molar-refractivity contribution is -0.118. The van der Waals surface area contributed by atoms with Crippen molar-refractivity contribution in [3.63, 3.8) is 0 Å². The zero-order chi connectivity index (χ0) is 14.4. The highest BCUT2D eigenvalue weighted by Gasteiger charge is 2.25. The van der Waals surface area contributed by atoms with E-state index >= 15 is 0 Å². The predicted molar refractivity (Wildman–Crippen MR) is 75.9 cm³/mol. The Balaban J connectivity index is 1.78. The maximum Gasteiger partial charge on any atom is 0.235 e. The standard InChI is InChI=1S/C14H19NO4S/c16-14(15-9-12-5-2-1-3-6-12)11-20(17,18)10-13-7-4-8-19-13/h1-3,5-6,13H,4,7-11H2,(H,15,16)/t13-/m1/s1. The molecule has 1 saturated heterocycles. The molecule has 2 rings (SSSR count). The van der Waals surface area contributed by atoms with Crippen LogP contribution < -0.4 is 5.32 Å². The second-order valence-electron chi connectivity index (χ2n) is 4.95. The number of benzene rings is 1. The van der Waals surface area contributed by atoms with Gasteiger partial charge in [-0.1, -0.05) is 30.3 Å². The van der Waals surface area contributed by atoms with Crippen LogP contribution in [0, 0.1) is 0 Å². The molecule has 0 radical (unpaired) electrons. The lowest BCUT2D eigenvalue weighted by Crippen LogP contribution is -2.33. The summed E-state index contributed by atoms with van der Waals surface area (Å²) in [5.74, 6) is -1.00. The van der Waals surface area contributed by atoms with Crippen LogP contribution in [-0.2, 0) is 25.9 Å². The molecule has 1 aromatic rings. The van der Waals surface area contributed by atoms with Gasteiger partial charge in [-0.3, -0.25) is 4.79 Å². The van der Waals surface area contributed by atoms with Gasteiger partial charge in [0, 0.05) is 13.2 Å². The number of nitrogens with one attached hydrogen (secondary N) is 1. The summed E-state index contributed by atoms with van der Waals surface area (Å²) in [5.41, 5.74) is 0.942. The van der Waals surface area contributed by atoms with Gasteiger partial charge in [0.2, 0.25) is 5.91 Å². The van der Waals surface area contributed by atoms with Gasteiger partial charge in [-0.15, -0.1) is 0 Å². The van der Waals surface area contributed by atoms with Crippen molar-refractivity contribution in [3.8, 4) is 0 Å². The van der Waals surface area contributed by atoms with E-state index in [0.29, 0.717) is 13.2 Å². The van der Waals surface area contributed by atoms with Crippen molar-refractivity contribution in [3.05, 3.63) is 35.9 Å². The second kappa shape index (κ2) is 6.85. The molecule has 1 amide bonds. The first-order valence-corrected chi connectivity index (χ1v) is 8.50. The highest BCUT2D eigenvalue weighted by Crippen LogP contribution is 2.14. The number of hydrogen-bond donors (Lipinski definition) is 1. The van der Waals surface area contributed by atoms with Crippen molar-refractivity contribution in [2.75, 3.05) is 18.1 Å². The van der Waals surface area contributed by atoms with Crippen molar-refractivity contribution < 1.29 is 17.9 Å². The Labute approximate surface area is 119 Å². The van der Waals surface area contributed by atoms with Crippen LogP contribution in [0.4, 0.5) is 0 Å². The van der Waals surface area contributed by atoms with E-state index in [0.717, 1.165) is 18.4 Å². The Kier molecular flexibility index (Phi) is 5.14. The Morgan fingerprint density at radius 3 is 2.70 bits per heavy atom. The number of carbonyl (C=O) groups excluding carboxylic acids is 1. The molecular formula is C14H19NO4S. The second-order valence-corrected chi connectivity index (χ2v) is 7.06. The van der Waals surface area contributed by atoms with Gasteiger partial charge >= 0.3 is 0 Å². The van der Waals surface area contributed by atoms with Gasteiger partial charge in [0.05, 0.1) is 11.9 Å². The monoisotopic (exact) mass is 297 g/mol. The van der Waals surface area contributed by atoms with Crippen LogP contribution in [0.3, 0.4) is 0 Å². The van der Waals surface area contributed by atoms with E-state index in [4.69, 9.17) is 4.74 Å². The predicted octanol–water partition coefficient (Wildman–Crippen LogP) is 0.897. The lowest BCUT2D eigenvalue weighted by Gasteiger charge is -2.10. The SMILES string of the molecule is O=C(CS(=O)(=O)C[C@H]1CCCO1)NCc1ccccc1. The van der Waals surface area contributed by atoms with Gasteiger partial charge < -0.3 is 10.1 Å². The molecule has 0 bridgehead atoms. The topological polar surface area (TPSA) is 72.5 Å². The van der Waals surface area contributed by atoms with Crippen LogP contribution in [0.2, 0.25) is 0 Å². The highest BCUT2D eigenvalue weighted by molar-refractivity contribution is 7.92. The maximum atomic E-state index is 11.9. The zero-order valence-electron chi connectivity index (χ0n) is 11.2. The molecule has 0 saturated carbocycles. The molecule has 1 aliphatic rings. The van der Waals surface area contributed by atoms with Gasteiger partial charge in [0.15, 0.2) is 9.84 Å². The van der Waals surface area contributed by atoms with Crippen molar-refractivity contribution in [2.24, 2.45) is 0 Å². The van der Waals surface area contributed by atoms with E-state index < -0.39 is 21.5 Å². The first-order valence-electron chi connectivity index (χ1n) is 6.68. The summed E-state index contributed by atoms with van der Waals surface area (Å²) >= 11 is 0. The Morgan fingerprint density at radius 1 is 1.30 bits per heavy atom. The van der Waals surface area contributed by atoms with Crippen LogP contribution in [0.5, 0.6) is 0 Å². The lowest BCUT2D eigenvalue weighted by atomic mass is 10.2. The van der Waals surface area contributed by atoms with E-state index in [1.54, 1.807) is 0 Å². The summed E-state index contributed by atoms with van der Waals surface area (Å²) < 4.78 is 29.0. The fourth-order valence-electron chi connectivity index (χ4n) is 2.17. The minimum absolute atomic E-state index is 0.0637. The summed E-state index contributed by atoms with van der Waals surface area (Å²) in [6.07, 6.45) is 1.40. The van der Waals surface area contributed by atoms with Gasteiger partial charge in [-0.2, -0.15) is 0 Å². The third-order valence-electron chi connectivity index (χ3n) is 3.15. The minimum Gasteiger partial charge on any atom is -0.377 e. The molecule has 0 unspecified atom stereocenters. The van der Waals surface area contributed by atoms with Crippen LogP contribution in [0.1, 0.15) is 18.4 Å². The largest absolute Gasteiger partial charge is 0.377 e. The van der Waals surface area contributed by atoms with Crippen molar-refractivity contribution in [2.45, 2.75) is 25.5 Å². The summed E-state index contributed by atoms with van der Waals surface area (Å²) in [7, 11) is -3.41. The quantitative estimate of drug-likeness (QED) is 0.846. The summed E-state index contributed by atoms with van der Waals surface area (Å²) in [6, 6.07) is 9.38. The highest BCUT2D eigenvalue weighted by atomic mass is 32.2. The number of hydrogen-bond acceptors (Lipinski definition) is 4. The fourth-order valence-corrected chi connectivity index (χ4v) is 3.61. The van der Waals surface area contributed by atoms with Gasteiger partial charge in [0.1, 0.15) is 5.75 Å². The number of amides is 1. The zero-order valence-corrected chi connectivity index (χ0v) is 12.1. The van der Waals surface area contributed by atoms with Crippen molar-refractivity contribution in [1.29, 1.82) is 0 Å². The van der Waals surface area contributed by atoms with Crippen LogP contribution in [0.25, 0.3) is 0 Å². The van der Waals surface area contributed by atoms with Crippen molar-refractivity contribution >= 4 is 15.7 Å². The number of carbonyl (C=O) groups is 1. The van der Waals surface area contributed by atoms with E-state index in [1.807, 2.05) is 30.3 Å². The Hall–Kier alpha value is -1.40. The molecule has 0 spiro atoms. The smallest absolute Gasteiger partial charge is 0.235 e. The molecule has 110 valence electrons. The molecule has 5 nitrogen and oxygen atoms in total. The molecule has 1 N–H and O–H groups in total. The van der Waals surface area contributed by atoms with E-state index in [-0.39, 0.29) is 11.9 Å². The summed E-state index contributed by atoms with van der Waals surface area (Å²) in [5, 5.41) is 2.62. The molecule has 20 heavy (non-hydrogen) atoms. The van der Waals surface area contributed by atoms with Gasteiger partial charge in [-0.25, -0.2) is 8.42 Å². The van der Waals surface area contributed by atoms with Crippen LogP contribution in [-0.4, -0.2) is 38.5 Å². The molecule has 1 heterocycles. The molecule has 6 heteroatoms. The normalized spacial score (nSPS) is 18.9. The van der Waals surface area contributed by atoms with Crippen LogP contribution >= 0.6 is 0 Å². The average Bonchev–Trinajstić information content (AvgIpc) is 2.89. The third kappa shape index (κ3) is 4.94. The molecular weight excluding hydrogens is 278 g/mol. The summed E-state index contributed by atoms with van der Waals surface area (Å²) in [6.45, 7) is 0.954. The Bertz CT molecular complexity index is 536. The Morgan fingerprint density at radius 2 is 2.05 bits per heavy atom. The van der Waals surface area contributed by atoms with E-state index in [2.05, 4.69) is 5.32 Å². The van der Waals surface area contributed by atoms with E-state index in [9.17, 15) is 13.2 Å². The third-order valence-corrected chi connectivity index (χ3v) is 4.73. The molecule has 1 fully saturated rings. The minimum atomic E-state index is -3.41. The number of ether oxygens (including phenoxy) is 1. The van der Waals surface area contributed by atoms with E-state index in [1.165, 1.54) is 0 Å². The van der Waals surface area contributed by atoms with Gasteiger partial charge in [0.25, 0.3) is 0 Å². The first kappa shape index (κ1) is 15.0. The molecule has 1 atom stereocenters. The summed E-state index contributed by atoms with van der Waals surface area (Å²) in [4.78, 5) is 11.7. The molecule has 1 aliphatic heterocycles.